The van der Waals surface area contributed by atoms with E-state index >= 15 is 0 Å². The number of nitrogens with zero attached hydrogens (tertiary/aromatic N) is 1. The number of carboxylic acid groups (broad SMARTS) is 1. The Kier molecular flexibility index (Phi) is 8.59. The quantitative estimate of drug-likeness (QED) is 0.419. The highest BCUT2D eigenvalue weighted by molar-refractivity contribution is 6.74. The Morgan fingerprint density at radius 3 is 2.38 bits per heavy atom. The lowest BCUT2D eigenvalue weighted by molar-refractivity contribution is -0.139. The molecule has 1 aromatic carbocycles. The Labute approximate surface area is 192 Å². The second-order valence-corrected chi connectivity index (χ2v) is 15.0. The molecule has 1 aromatic rings. The second-order valence-electron chi connectivity index (χ2n) is 10.2. The van der Waals surface area contributed by atoms with Gasteiger partial charge in [-0.15, -0.1) is 0 Å². The molecule has 1 aliphatic rings. The first-order chi connectivity index (χ1) is 14.8. The molecule has 0 aromatic heterocycles. The summed E-state index contributed by atoms with van der Waals surface area (Å²) in [6, 6.07) is 8.99. The number of benzene rings is 1. The minimum absolute atomic E-state index is 0.0169. The Bertz CT molecular complexity index is 844. The first kappa shape index (κ1) is 26.0. The number of allylic oxidation sites excluding steroid dienone is 1. The monoisotopic (exact) mass is 459 g/mol. The molecule has 7 heteroatoms. The van der Waals surface area contributed by atoms with Gasteiger partial charge in [0.1, 0.15) is 0 Å². The van der Waals surface area contributed by atoms with Crippen molar-refractivity contribution in [2.75, 3.05) is 6.54 Å². The van der Waals surface area contributed by atoms with Gasteiger partial charge in [-0.2, -0.15) is 0 Å². The number of ketones is 1. The maximum Gasteiger partial charge on any atom is 0.305 e. The van der Waals surface area contributed by atoms with Crippen molar-refractivity contribution in [2.45, 2.75) is 77.2 Å². The maximum absolute atomic E-state index is 12.9. The van der Waals surface area contributed by atoms with Crippen molar-refractivity contribution in [3.05, 3.63) is 48.0 Å². The van der Waals surface area contributed by atoms with Gasteiger partial charge >= 0.3 is 5.97 Å². The third-order valence-electron chi connectivity index (χ3n) is 6.63. The van der Waals surface area contributed by atoms with Gasteiger partial charge in [0.05, 0.1) is 18.6 Å². The largest absolute Gasteiger partial charge is 0.481 e. The topological polar surface area (TPSA) is 83.9 Å². The van der Waals surface area contributed by atoms with E-state index in [1.54, 1.807) is 18.2 Å². The van der Waals surface area contributed by atoms with Crippen molar-refractivity contribution in [3.63, 3.8) is 0 Å². The van der Waals surface area contributed by atoms with Crippen LogP contribution in [0.1, 0.15) is 57.3 Å². The number of hydrogen-bond acceptors (Lipinski definition) is 4. The summed E-state index contributed by atoms with van der Waals surface area (Å²) in [6.07, 6.45) is 3.33. The molecule has 0 bridgehead atoms. The molecule has 3 atom stereocenters. The molecule has 0 aliphatic carbocycles. The smallest absolute Gasteiger partial charge is 0.305 e. The van der Waals surface area contributed by atoms with Gasteiger partial charge in [-0.1, -0.05) is 52.0 Å². The minimum Gasteiger partial charge on any atom is -0.481 e. The molecular formula is C25H37NO5Si. The summed E-state index contributed by atoms with van der Waals surface area (Å²) in [5, 5.41) is 9.22. The Hall–Kier alpha value is -2.25. The average Bonchev–Trinajstić information content (AvgIpc) is 3.05. The van der Waals surface area contributed by atoms with Crippen LogP contribution in [0.4, 0.5) is 0 Å². The zero-order chi connectivity index (χ0) is 24.1. The molecule has 6 nitrogen and oxygen atoms in total. The molecule has 2 rings (SSSR count). The van der Waals surface area contributed by atoms with Crippen LogP contribution in [0.2, 0.25) is 18.1 Å². The lowest BCUT2D eigenvalue weighted by Gasteiger charge is -2.38. The fraction of sp³-hybridized carbons (Fsp3) is 0.560. The lowest BCUT2D eigenvalue weighted by atomic mass is 10.0. The number of carboxylic acids is 1. The van der Waals surface area contributed by atoms with E-state index in [9.17, 15) is 19.5 Å². The number of hydrogen-bond donors (Lipinski definition) is 1. The highest BCUT2D eigenvalue weighted by Crippen LogP contribution is 2.38. The molecule has 1 aliphatic heterocycles. The van der Waals surface area contributed by atoms with Gasteiger partial charge < -0.3 is 14.4 Å². The van der Waals surface area contributed by atoms with E-state index in [1.165, 1.54) is 6.08 Å². The van der Waals surface area contributed by atoms with E-state index in [0.717, 1.165) is 6.42 Å². The van der Waals surface area contributed by atoms with Gasteiger partial charge in [-0.3, -0.25) is 14.4 Å². The van der Waals surface area contributed by atoms with Gasteiger partial charge in [0.15, 0.2) is 14.1 Å². The van der Waals surface area contributed by atoms with Gasteiger partial charge in [0.2, 0.25) is 0 Å². The lowest BCUT2D eigenvalue weighted by Crippen LogP contribution is -2.44. The van der Waals surface area contributed by atoms with Crippen molar-refractivity contribution < 1.29 is 23.9 Å². The van der Waals surface area contributed by atoms with E-state index in [1.807, 2.05) is 23.1 Å². The van der Waals surface area contributed by atoms with Gasteiger partial charge in [-0.25, -0.2) is 0 Å². The molecule has 0 unspecified atom stereocenters. The third-order valence-corrected chi connectivity index (χ3v) is 11.2. The van der Waals surface area contributed by atoms with Crippen molar-refractivity contribution in [2.24, 2.45) is 5.92 Å². The third kappa shape index (κ3) is 6.87. The van der Waals surface area contributed by atoms with Crippen LogP contribution in [0, 0.1) is 5.92 Å². The highest BCUT2D eigenvalue weighted by Gasteiger charge is 2.40. The number of likely N-dealkylation sites (tertiary alicyclic amines) is 1. The van der Waals surface area contributed by atoms with Crippen molar-refractivity contribution in [1.82, 2.24) is 4.90 Å². The molecule has 32 heavy (non-hydrogen) atoms. The summed E-state index contributed by atoms with van der Waals surface area (Å²) in [5.41, 5.74) is 0.635. The molecule has 0 radical (unpaired) electrons. The summed E-state index contributed by atoms with van der Waals surface area (Å²) >= 11 is 0. The van der Waals surface area contributed by atoms with Crippen LogP contribution in [0.3, 0.4) is 0 Å². The van der Waals surface area contributed by atoms with Gasteiger partial charge in [0, 0.05) is 18.5 Å². The number of carbonyl (C=O) groups excluding carboxylic acids is 2. The highest BCUT2D eigenvalue weighted by atomic mass is 28.4. The number of carbonyl (C=O) groups is 3. The van der Waals surface area contributed by atoms with Crippen LogP contribution in [-0.2, 0) is 14.0 Å². The molecule has 1 fully saturated rings. The molecule has 0 spiro atoms. The molecule has 1 N–H and O–H groups in total. The Morgan fingerprint density at radius 1 is 1.19 bits per heavy atom. The number of amides is 1. The van der Waals surface area contributed by atoms with E-state index < -0.39 is 20.4 Å². The van der Waals surface area contributed by atoms with Gasteiger partial charge in [0.25, 0.3) is 5.91 Å². The predicted octanol–water partition coefficient (Wildman–Crippen LogP) is 4.92. The molecule has 0 saturated carbocycles. The van der Waals surface area contributed by atoms with Gasteiger partial charge in [-0.05, 0) is 48.7 Å². The van der Waals surface area contributed by atoms with Crippen molar-refractivity contribution in [3.8, 4) is 0 Å². The summed E-state index contributed by atoms with van der Waals surface area (Å²) in [7, 11) is -2.22. The summed E-state index contributed by atoms with van der Waals surface area (Å²) in [6.45, 7) is 13.1. The Balaban J connectivity index is 2.09. The molecule has 1 saturated heterocycles. The van der Waals surface area contributed by atoms with Crippen LogP contribution in [0.15, 0.2) is 42.5 Å². The van der Waals surface area contributed by atoms with E-state index in [4.69, 9.17) is 4.43 Å². The standard InChI is InChI=1S/C25H37NO5Si/c1-18-14-15-26(24(30)19-10-8-7-9-11-19)22(18)13-12-20(27)16-21(17-23(28)29)31-32(5,6)25(2,3)4/h7-13,18,21-22H,14-17H2,1-6H3,(H,28,29)/b13-12+/t18-,21-,22-/m1/s1. The number of rotatable bonds is 9. The summed E-state index contributed by atoms with van der Waals surface area (Å²) in [5.74, 6) is -0.956. The first-order valence-corrected chi connectivity index (χ1v) is 14.2. The number of aliphatic carboxylic acids is 1. The fourth-order valence-corrected chi connectivity index (χ4v) is 5.04. The van der Waals surface area contributed by atoms with Crippen molar-refractivity contribution in [1.29, 1.82) is 0 Å². The first-order valence-electron chi connectivity index (χ1n) is 11.3. The molecule has 1 amide bonds. The average molecular weight is 460 g/mol. The molecule has 176 valence electrons. The summed E-state index contributed by atoms with van der Waals surface area (Å²) in [4.78, 5) is 38.8. The summed E-state index contributed by atoms with van der Waals surface area (Å²) < 4.78 is 6.23. The normalized spacial score (nSPS) is 20.5. The van der Waals surface area contributed by atoms with E-state index in [0.29, 0.717) is 12.1 Å². The fourth-order valence-electron chi connectivity index (χ4n) is 3.69. The zero-order valence-corrected chi connectivity index (χ0v) is 21.1. The second kappa shape index (κ2) is 10.6. The van der Waals surface area contributed by atoms with Crippen LogP contribution in [0.25, 0.3) is 0 Å². The zero-order valence-electron chi connectivity index (χ0n) is 20.1. The minimum atomic E-state index is -2.22. The van der Waals surface area contributed by atoms with E-state index in [-0.39, 0.29) is 41.5 Å². The molecular weight excluding hydrogens is 422 g/mol. The molecule has 1 heterocycles. The Morgan fingerprint density at radius 2 is 1.81 bits per heavy atom. The van der Waals surface area contributed by atoms with E-state index in [2.05, 4.69) is 40.8 Å². The van der Waals surface area contributed by atoms with Crippen molar-refractivity contribution >= 4 is 26.0 Å². The predicted molar refractivity (Wildman–Crippen MR) is 128 cm³/mol. The SMILES string of the molecule is C[C@@H]1CCN(C(=O)c2ccccc2)[C@@H]1/C=C/C(=O)C[C@H](CC(=O)O)O[Si](C)(C)C(C)(C)C. The van der Waals surface area contributed by atoms with Crippen LogP contribution < -0.4 is 0 Å². The van der Waals surface area contributed by atoms with Crippen LogP contribution >= 0.6 is 0 Å². The maximum atomic E-state index is 12.9. The van der Waals surface area contributed by atoms with Crippen LogP contribution in [-0.4, -0.2) is 54.7 Å². The van der Waals surface area contributed by atoms with Crippen LogP contribution in [0.5, 0.6) is 0 Å².